The molecule has 4 saturated carbocycles. The Morgan fingerprint density at radius 3 is 2.16 bits per heavy atom. The van der Waals surface area contributed by atoms with Crippen molar-refractivity contribution in [1.82, 2.24) is 9.97 Å². The number of carbonyl (C=O) groups excluding carboxylic acids is 1. The van der Waals surface area contributed by atoms with Gasteiger partial charge < -0.3 is 15.8 Å². The Morgan fingerprint density at radius 2 is 1.74 bits per heavy atom. The molecule has 0 unspecified atom stereocenters. The summed E-state index contributed by atoms with van der Waals surface area (Å²) >= 11 is 0. The van der Waals surface area contributed by atoms with Crippen molar-refractivity contribution in [2.45, 2.75) is 43.9 Å². The van der Waals surface area contributed by atoms with Crippen molar-refractivity contribution < 1.29 is 9.90 Å². The van der Waals surface area contributed by atoms with Gasteiger partial charge in [0.25, 0.3) is 5.91 Å². The van der Waals surface area contributed by atoms with E-state index in [-0.39, 0.29) is 17.0 Å². The lowest BCUT2D eigenvalue weighted by molar-refractivity contribution is -0.00914. The minimum absolute atomic E-state index is 0.00857. The summed E-state index contributed by atoms with van der Waals surface area (Å²) in [5.74, 6) is 2.36. The van der Waals surface area contributed by atoms with Crippen molar-refractivity contribution in [3.63, 3.8) is 0 Å². The van der Waals surface area contributed by atoms with Gasteiger partial charge in [0.15, 0.2) is 5.69 Å². The Kier molecular flexibility index (Phi) is 2.10. The third-order valence-corrected chi connectivity index (χ3v) is 5.46. The van der Waals surface area contributed by atoms with E-state index in [4.69, 9.17) is 5.73 Å². The molecule has 0 aliphatic heterocycles. The predicted molar refractivity (Wildman–Crippen MR) is 68.6 cm³/mol. The maximum Gasteiger partial charge on any atom is 0.272 e. The number of hydrogen-bond donors (Lipinski definition) is 3. The van der Waals surface area contributed by atoms with Crippen LogP contribution in [0.25, 0.3) is 0 Å². The van der Waals surface area contributed by atoms with E-state index in [1.54, 1.807) is 0 Å². The van der Waals surface area contributed by atoms with Crippen LogP contribution in [0.4, 0.5) is 0 Å². The number of rotatable bonds is 2. The highest BCUT2D eigenvalue weighted by Crippen LogP contribution is 2.60. The molecule has 4 N–H and O–H groups in total. The first-order valence-corrected chi connectivity index (χ1v) is 7.15. The lowest BCUT2D eigenvalue weighted by Crippen LogP contribution is -2.49. The second-order valence-corrected chi connectivity index (χ2v) is 6.84. The summed E-state index contributed by atoms with van der Waals surface area (Å²) in [7, 11) is 0. The molecule has 5 heteroatoms. The van der Waals surface area contributed by atoms with Gasteiger partial charge >= 0.3 is 0 Å². The Balaban J connectivity index is 1.75. The molecule has 0 radical (unpaired) electrons. The molecule has 1 aromatic rings. The van der Waals surface area contributed by atoms with Gasteiger partial charge in [-0.3, -0.25) is 4.79 Å². The van der Waals surface area contributed by atoms with E-state index in [9.17, 15) is 9.90 Å². The van der Waals surface area contributed by atoms with Crippen molar-refractivity contribution in [2.24, 2.45) is 23.5 Å². The number of amides is 1. The number of H-pyrrole nitrogens is 1. The smallest absolute Gasteiger partial charge is 0.272 e. The van der Waals surface area contributed by atoms with Crippen LogP contribution in [-0.4, -0.2) is 21.0 Å². The quantitative estimate of drug-likeness (QED) is 0.756. The average molecular weight is 261 g/mol. The lowest BCUT2D eigenvalue weighted by atomic mass is 9.49. The lowest BCUT2D eigenvalue weighted by Gasteiger charge is -2.55. The maximum atomic E-state index is 11.2. The fourth-order valence-electron chi connectivity index (χ4n) is 5.19. The van der Waals surface area contributed by atoms with Crippen LogP contribution in [0.5, 0.6) is 5.88 Å². The molecule has 102 valence electrons. The van der Waals surface area contributed by atoms with Crippen molar-refractivity contribution in [2.75, 3.05) is 0 Å². The molecule has 19 heavy (non-hydrogen) atoms. The number of nitrogens with one attached hydrogen (secondary N) is 1. The molecule has 0 atom stereocenters. The zero-order chi connectivity index (χ0) is 13.2. The highest BCUT2D eigenvalue weighted by atomic mass is 16.3. The largest absolute Gasteiger partial charge is 0.493 e. The van der Waals surface area contributed by atoms with E-state index in [1.807, 2.05) is 0 Å². The molecule has 0 saturated heterocycles. The zero-order valence-electron chi connectivity index (χ0n) is 10.9. The number of imidazole rings is 1. The molecule has 1 aromatic heterocycles. The molecule has 4 aliphatic carbocycles. The fourth-order valence-corrected chi connectivity index (χ4v) is 5.19. The number of aromatic amines is 1. The van der Waals surface area contributed by atoms with Gasteiger partial charge in [0.2, 0.25) is 5.88 Å². The summed E-state index contributed by atoms with van der Waals surface area (Å²) in [5.41, 5.74) is 5.28. The molecule has 5 nitrogen and oxygen atoms in total. The summed E-state index contributed by atoms with van der Waals surface area (Å²) in [6, 6.07) is 0. The monoisotopic (exact) mass is 261 g/mol. The van der Waals surface area contributed by atoms with Crippen molar-refractivity contribution in [3.05, 3.63) is 11.5 Å². The predicted octanol–water partition coefficient (Wildman–Crippen LogP) is 1.68. The van der Waals surface area contributed by atoms with Crippen LogP contribution < -0.4 is 5.73 Å². The van der Waals surface area contributed by atoms with Gasteiger partial charge in [-0.05, 0) is 56.3 Å². The van der Waals surface area contributed by atoms with Crippen LogP contribution >= 0.6 is 0 Å². The summed E-state index contributed by atoms with van der Waals surface area (Å²) in [6.07, 6.45) is 7.50. The van der Waals surface area contributed by atoms with E-state index in [2.05, 4.69) is 9.97 Å². The molecule has 4 fully saturated rings. The van der Waals surface area contributed by atoms with E-state index in [1.165, 1.54) is 19.3 Å². The van der Waals surface area contributed by atoms with Gasteiger partial charge in [-0.15, -0.1) is 0 Å². The van der Waals surface area contributed by atoms with Crippen LogP contribution in [0, 0.1) is 17.8 Å². The topological polar surface area (TPSA) is 92.0 Å². The van der Waals surface area contributed by atoms with Crippen LogP contribution in [0.2, 0.25) is 0 Å². The first kappa shape index (κ1) is 11.3. The summed E-state index contributed by atoms with van der Waals surface area (Å²) in [6.45, 7) is 0. The maximum absolute atomic E-state index is 11.2. The number of carbonyl (C=O) groups is 1. The molecular formula is C14H19N3O2. The number of nitrogens with two attached hydrogens (primary N) is 1. The SMILES string of the molecule is NC(=O)c1nc(C23CC4CC(CC(C4)C2)C3)[nH]c1O. The normalized spacial score (nSPS) is 39.7. The van der Waals surface area contributed by atoms with Gasteiger partial charge in [-0.25, -0.2) is 4.98 Å². The number of primary amides is 1. The molecule has 0 aromatic carbocycles. The fraction of sp³-hybridized carbons (Fsp3) is 0.714. The minimum Gasteiger partial charge on any atom is -0.493 e. The third-order valence-electron chi connectivity index (χ3n) is 5.46. The molecule has 1 heterocycles. The third kappa shape index (κ3) is 1.53. The number of hydrogen-bond acceptors (Lipinski definition) is 3. The molecular weight excluding hydrogens is 242 g/mol. The van der Waals surface area contributed by atoms with Gasteiger partial charge in [0.1, 0.15) is 5.82 Å². The van der Waals surface area contributed by atoms with E-state index < -0.39 is 5.91 Å². The Labute approximate surface area is 111 Å². The Hall–Kier alpha value is -1.52. The number of aromatic nitrogens is 2. The standard InChI is InChI=1S/C14H19N3O2/c15-11(18)10-12(19)17-13(16-10)14-4-7-1-8(5-14)3-9(2-7)6-14/h7-9,19H,1-6H2,(H2,15,18)(H,16,17). The van der Waals surface area contributed by atoms with Gasteiger partial charge in [-0.2, -0.15) is 0 Å². The van der Waals surface area contributed by atoms with Crippen LogP contribution in [0.15, 0.2) is 0 Å². The zero-order valence-corrected chi connectivity index (χ0v) is 10.9. The minimum atomic E-state index is -0.662. The molecule has 4 bridgehead atoms. The Bertz CT molecular complexity index is 514. The van der Waals surface area contributed by atoms with Crippen molar-refractivity contribution >= 4 is 5.91 Å². The molecule has 1 amide bonds. The first-order valence-electron chi connectivity index (χ1n) is 7.15. The van der Waals surface area contributed by atoms with Crippen molar-refractivity contribution in [1.29, 1.82) is 0 Å². The van der Waals surface area contributed by atoms with Gasteiger partial charge in [0, 0.05) is 5.41 Å². The number of nitrogens with zero attached hydrogens (tertiary/aromatic N) is 1. The highest BCUT2D eigenvalue weighted by molar-refractivity contribution is 5.93. The second kappa shape index (κ2) is 3.52. The second-order valence-electron chi connectivity index (χ2n) is 6.84. The van der Waals surface area contributed by atoms with Gasteiger partial charge in [0.05, 0.1) is 0 Å². The average Bonchev–Trinajstić information content (AvgIpc) is 2.70. The van der Waals surface area contributed by atoms with E-state index in [0.29, 0.717) is 0 Å². The Morgan fingerprint density at radius 1 is 1.21 bits per heavy atom. The van der Waals surface area contributed by atoms with Crippen LogP contribution in [-0.2, 0) is 5.41 Å². The summed E-state index contributed by atoms with van der Waals surface area (Å²) < 4.78 is 0. The molecule has 4 aliphatic rings. The first-order chi connectivity index (χ1) is 9.06. The van der Waals surface area contributed by atoms with Crippen LogP contribution in [0.3, 0.4) is 0 Å². The van der Waals surface area contributed by atoms with E-state index in [0.717, 1.165) is 42.8 Å². The van der Waals surface area contributed by atoms with Crippen LogP contribution in [0.1, 0.15) is 54.8 Å². The number of aromatic hydroxyl groups is 1. The van der Waals surface area contributed by atoms with Crippen molar-refractivity contribution in [3.8, 4) is 5.88 Å². The van der Waals surface area contributed by atoms with E-state index >= 15 is 0 Å². The highest BCUT2D eigenvalue weighted by Gasteiger charge is 2.53. The molecule has 0 spiro atoms. The summed E-state index contributed by atoms with van der Waals surface area (Å²) in [5, 5.41) is 9.78. The molecule has 5 rings (SSSR count). The van der Waals surface area contributed by atoms with Gasteiger partial charge in [-0.1, -0.05) is 0 Å². The summed E-state index contributed by atoms with van der Waals surface area (Å²) in [4.78, 5) is 18.5.